The normalized spacial score (nSPS) is 22.5. The molecule has 5 nitrogen and oxygen atoms in total. The van der Waals surface area contributed by atoms with Crippen LogP contribution in [0.5, 0.6) is 0 Å². The van der Waals surface area contributed by atoms with E-state index in [9.17, 15) is 21.6 Å². The number of aromatic amines is 1. The molecule has 0 aliphatic heterocycles. The van der Waals surface area contributed by atoms with Gasteiger partial charge in [0.05, 0.1) is 6.20 Å². The lowest BCUT2D eigenvalue weighted by atomic mass is 10.1. The van der Waals surface area contributed by atoms with Gasteiger partial charge in [-0.3, -0.25) is 5.10 Å². The lowest BCUT2D eigenvalue weighted by molar-refractivity contribution is -0.143. The zero-order chi connectivity index (χ0) is 14.5. The molecule has 1 unspecified atom stereocenters. The van der Waals surface area contributed by atoms with Crippen LogP contribution in [-0.2, 0) is 16.2 Å². The number of halogens is 3. The van der Waals surface area contributed by atoms with Gasteiger partial charge in [-0.25, -0.2) is 13.1 Å². The number of H-pyrrole nitrogens is 1. The Morgan fingerprint density at radius 2 is 2.11 bits per heavy atom. The lowest BCUT2D eigenvalue weighted by Gasteiger charge is -2.09. The minimum absolute atomic E-state index is 0.0474. The van der Waals surface area contributed by atoms with E-state index >= 15 is 0 Å². The number of nitrogens with one attached hydrogen (secondary N) is 2. The Labute approximate surface area is 108 Å². The molecular formula is C10H14F3N3O2S. The molecule has 108 valence electrons. The van der Waals surface area contributed by atoms with Crippen LogP contribution >= 0.6 is 0 Å². The van der Waals surface area contributed by atoms with Crippen molar-refractivity contribution in [1.29, 1.82) is 0 Å². The maximum Gasteiger partial charge on any atom is 0.434 e. The van der Waals surface area contributed by atoms with E-state index in [2.05, 4.69) is 9.82 Å². The maximum atomic E-state index is 12.6. The van der Waals surface area contributed by atoms with E-state index in [1.807, 2.05) is 13.8 Å². The molecule has 1 saturated carbocycles. The monoisotopic (exact) mass is 297 g/mol. The zero-order valence-corrected chi connectivity index (χ0v) is 11.2. The van der Waals surface area contributed by atoms with Gasteiger partial charge in [-0.1, -0.05) is 13.8 Å². The van der Waals surface area contributed by atoms with Crippen LogP contribution in [0.4, 0.5) is 13.2 Å². The molecule has 9 heteroatoms. The van der Waals surface area contributed by atoms with Crippen molar-refractivity contribution in [1.82, 2.24) is 14.9 Å². The summed E-state index contributed by atoms with van der Waals surface area (Å²) in [6, 6.07) is 0. The molecule has 0 bridgehead atoms. The zero-order valence-electron chi connectivity index (χ0n) is 10.4. The summed E-state index contributed by atoms with van der Waals surface area (Å²) in [5.41, 5.74) is -1.30. The number of hydrogen-bond donors (Lipinski definition) is 2. The van der Waals surface area contributed by atoms with E-state index < -0.39 is 26.8 Å². The molecule has 1 aromatic rings. The van der Waals surface area contributed by atoms with Gasteiger partial charge in [0.25, 0.3) is 0 Å². The van der Waals surface area contributed by atoms with Crippen LogP contribution in [-0.4, -0.2) is 25.2 Å². The van der Waals surface area contributed by atoms with Gasteiger partial charge >= 0.3 is 6.18 Å². The lowest BCUT2D eigenvalue weighted by Crippen LogP contribution is -2.28. The molecule has 1 heterocycles. The fourth-order valence-corrected chi connectivity index (χ4v) is 3.09. The largest absolute Gasteiger partial charge is 0.434 e. The molecule has 1 aromatic heterocycles. The Morgan fingerprint density at radius 3 is 2.58 bits per heavy atom. The molecule has 0 spiro atoms. The molecule has 1 aliphatic carbocycles. The number of sulfonamides is 1. The molecule has 0 saturated heterocycles. The van der Waals surface area contributed by atoms with Crippen LogP contribution in [0.3, 0.4) is 0 Å². The molecule has 1 fully saturated rings. The van der Waals surface area contributed by atoms with E-state index in [4.69, 9.17) is 0 Å². The molecule has 0 amide bonds. The van der Waals surface area contributed by atoms with E-state index in [-0.39, 0.29) is 17.9 Å². The first-order valence-corrected chi connectivity index (χ1v) is 7.12. The second-order valence-electron chi connectivity index (χ2n) is 5.35. The highest BCUT2D eigenvalue weighted by molar-refractivity contribution is 7.89. The molecule has 0 radical (unpaired) electrons. The molecule has 19 heavy (non-hydrogen) atoms. The third-order valence-electron chi connectivity index (χ3n) is 3.41. The minimum Gasteiger partial charge on any atom is -0.272 e. The Kier molecular flexibility index (Phi) is 3.17. The average molecular weight is 297 g/mol. The van der Waals surface area contributed by atoms with Gasteiger partial charge in [0.15, 0.2) is 5.69 Å². The smallest absolute Gasteiger partial charge is 0.272 e. The van der Waals surface area contributed by atoms with Crippen LogP contribution < -0.4 is 4.72 Å². The van der Waals surface area contributed by atoms with Crippen molar-refractivity contribution in [3.63, 3.8) is 0 Å². The predicted octanol–water partition coefficient (Wildman–Crippen LogP) is 1.75. The number of nitrogens with zero attached hydrogens (tertiary/aromatic N) is 1. The molecule has 1 atom stereocenters. The first-order valence-electron chi connectivity index (χ1n) is 5.64. The third-order valence-corrected chi connectivity index (χ3v) is 4.85. The fourth-order valence-electron chi connectivity index (χ4n) is 1.89. The summed E-state index contributed by atoms with van der Waals surface area (Å²) < 4.78 is 63.6. The Morgan fingerprint density at radius 1 is 1.53 bits per heavy atom. The Balaban J connectivity index is 2.14. The number of alkyl halides is 3. The van der Waals surface area contributed by atoms with Crippen molar-refractivity contribution in [2.45, 2.75) is 31.3 Å². The van der Waals surface area contributed by atoms with E-state index in [0.717, 1.165) is 6.42 Å². The number of aromatic nitrogens is 2. The quantitative estimate of drug-likeness (QED) is 0.889. The van der Waals surface area contributed by atoms with E-state index in [1.165, 1.54) is 0 Å². The van der Waals surface area contributed by atoms with Crippen molar-refractivity contribution < 1.29 is 21.6 Å². The number of hydrogen-bond acceptors (Lipinski definition) is 3. The summed E-state index contributed by atoms with van der Waals surface area (Å²) in [7, 11) is -4.20. The van der Waals surface area contributed by atoms with Crippen molar-refractivity contribution in [3.8, 4) is 0 Å². The first kappa shape index (κ1) is 14.3. The number of rotatable bonds is 4. The molecule has 2 N–H and O–H groups in total. The molecule has 0 aromatic carbocycles. The van der Waals surface area contributed by atoms with Gasteiger partial charge in [0.2, 0.25) is 10.0 Å². The van der Waals surface area contributed by atoms with Gasteiger partial charge in [0.1, 0.15) is 4.90 Å². The van der Waals surface area contributed by atoms with Gasteiger partial charge in [0, 0.05) is 6.54 Å². The highest BCUT2D eigenvalue weighted by atomic mass is 32.2. The third kappa shape index (κ3) is 2.92. The molecule has 1 aliphatic rings. The molecule has 2 rings (SSSR count). The Hall–Kier alpha value is -1.09. The van der Waals surface area contributed by atoms with Crippen LogP contribution in [0, 0.1) is 11.3 Å². The summed E-state index contributed by atoms with van der Waals surface area (Å²) >= 11 is 0. The Bertz CT molecular complexity index is 577. The summed E-state index contributed by atoms with van der Waals surface area (Å²) in [6.07, 6.45) is -3.25. The highest BCUT2D eigenvalue weighted by Crippen LogP contribution is 2.51. The standard InChI is InChI=1S/C10H14F3N3O2S/c1-9(2)3-6(9)4-15-19(17,18)7-5-14-16-8(7)10(11,12)13/h5-6,15H,3-4H2,1-2H3,(H,14,16). The second kappa shape index (κ2) is 4.20. The summed E-state index contributed by atoms with van der Waals surface area (Å²) in [4.78, 5) is -0.863. The van der Waals surface area contributed by atoms with Crippen molar-refractivity contribution in [3.05, 3.63) is 11.9 Å². The second-order valence-corrected chi connectivity index (χ2v) is 7.08. The summed E-state index contributed by atoms with van der Waals surface area (Å²) in [6.45, 7) is 4.09. The van der Waals surface area contributed by atoms with Crippen LogP contribution in [0.15, 0.2) is 11.1 Å². The maximum absolute atomic E-state index is 12.6. The molecular weight excluding hydrogens is 283 g/mol. The van der Waals surface area contributed by atoms with Gasteiger partial charge in [-0.15, -0.1) is 0 Å². The minimum atomic E-state index is -4.78. The van der Waals surface area contributed by atoms with Gasteiger partial charge < -0.3 is 0 Å². The summed E-state index contributed by atoms with van der Waals surface area (Å²) in [5, 5.41) is 4.84. The fraction of sp³-hybridized carbons (Fsp3) is 0.700. The van der Waals surface area contributed by atoms with Crippen LogP contribution in [0.2, 0.25) is 0 Å². The summed E-state index contributed by atoms with van der Waals surface area (Å²) in [5.74, 6) is 0.156. The van der Waals surface area contributed by atoms with Gasteiger partial charge in [-0.05, 0) is 17.8 Å². The van der Waals surface area contributed by atoms with Crippen molar-refractivity contribution in [2.75, 3.05) is 6.54 Å². The average Bonchev–Trinajstić information content (AvgIpc) is 2.68. The van der Waals surface area contributed by atoms with Crippen molar-refractivity contribution >= 4 is 10.0 Å². The van der Waals surface area contributed by atoms with Crippen LogP contribution in [0.25, 0.3) is 0 Å². The predicted molar refractivity (Wildman–Crippen MR) is 60.7 cm³/mol. The topological polar surface area (TPSA) is 74.8 Å². The highest BCUT2D eigenvalue weighted by Gasteiger charge is 2.46. The van der Waals surface area contributed by atoms with Crippen molar-refractivity contribution in [2.24, 2.45) is 11.3 Å². The SMILES string of the molecule is CC1(C)CC1CNS(=O)(=O)c1cn[nH]c1C(F)(F)F. The van der Waals surface area contributed by atoms with E-state index in [0.29, 0.717) is 6.20 Å². The first-order chi connectivity index (χ1) is 8.54. The van der Waals surface area contributed by atoms with Gasteiger partial charge in [-0.2, -0.15) is 18.3 Å². The van der Waals surface area contributed by atoms with E-state index in [1.54, 1.807) is 5.10 Å². The van der Waals surface area contributed by atoms with Crippen LogP contribution in [0.1, 0.15) is 26.0 Å².